The first kappa shape index (κ1) is 15.7. The zero-order valence-electron chi connectivity index (χ0n) is 13.7. The lowest BCUT2D eigenvalue weighted by atomic mass is 9.85. The number of rotatable bonds is 5. The SMILES string of the molecule is CC(C)(C)NCCC(C)(C)c1cnnn1-c1ccccc1. The standard InChI is InChI=1S/C17H26N4/c1-16(2,3)18-12-11-17(4,5)15-13-19-20-21(15)14-9-7-6-8-10-14/h6-10,13,18H,11-12H2,1-5H3. The van der Waals surface area contributed by atoms with Gasteiger partial charge < -0.3 is 5.32 Å². The minimum atomic E-state index is 0.0115. The van der Waals surface area contributed by atoms with E-state index in [2.05, 4.69) is 62.4 Å². The molecule has 0 fully saturated rings. The van der Waals surface area contributed by atoms with E-state index in [0.29, 0.717) is 0 Å². The molecule has 0 aliphatic heterocycles. The highest BCUT2D eigenvalue weighted by Gasteiger charge is 2.26. The lowest BCUT2D eigenvalue weighted by molar-refractivity contribution is 0.371. The van der Waals surface area contributed by atoms with Gasteiger partial charge in [-0.1, -0.05) is 37.3 Å². The maximum atomic E-state index is 4.26. The molecule has 0 aliphatic rings. The van der Waals surface area contributed by atoms with Crippen molar-refractivity contribution in [3.63, 3.8) is 0 Å². The van der Waals surface area contributed by atoms with Crippen LogP contribution in [0.3, 0.4) is 0 Å². The smallest absolute Gasteiger partial charge is 0.0735 e. The highest BCUT2D eigenvalue weighted by atomic mass is 15.4. The molecule has 2 aromatic rings. The second-order valence-corrected chi connectivity index (χ2v) is 7.18. The maximum Gasteiger partial charge on any atom is 0.0735 e. The molecule has 1 N–H and O–H groups in total. The molecule has 1 heterocycles. The van der Waals surface area contributed by atoms with Crippen LogP contribution in [0.25, 0.3) is 5.69 Å². The van der Waals surface area contributed by atoms with Gasteiger partial charge in [-0.15, -0.1) is 5.10 Å². The Morgan fingerprint density at radius 2 is 1.71 bits per heavy atom. The van der Waals surface area contributed by atoms with Gasteiger partial charge >= 0.3 is 0 Å². The van der Waals surface area contributed by atoms with Gasteiger partial charge in [0.05, 0.1) is 17.6 Å². The molecular weight excluding hydrogens is 260 g/mol. The number of aromatic nitrogens is 3. The molecule has 4 heteroatoms. The van der Waals surface area contributed by atoms with Crippen LogP contribution in [0, 0.1) is 0 Å². The molecule has 0 amide bonds. The van der Waals surface area contributed by atoms with Gasteiger partial charge in [-0.3, -0.25) is 0 Å². The van der Waals surface area contributed by atoms with Gasteiger partial charge in [-0.05, 0) is 45.9 Å². The highest BCUT2D eigenvalue weighted by Crippen LogP contribution is 2.27. The van der Waals surface area contributed by atoms with E-state index >= 15 is 0 Å². The van der Waals surface area contributed by atoms with Crippen molar-refractivity contribution in [2.24, 2.45) is 0 Å². The van der Waals surface area contributed by atoms with Crippen molar-refractivity contribution in [2.75, 3.05) is 6.54 Å². The lowest BCUT2D eigenvalue weighted by Gasteiger charge is -2.28. The summed E-state index contributed by atoms with van der Waals surface area (Å²) < 4.78 is 1.94. The van der Waals surface area contributed by atoms with E-state index in [1.165, 1.54) is 0 Å². The quantitative estimate of drug-likeness (QED) is 0.917. The van der Waals surface area contributed by atoms with E-state index in [9.17, 15) is 0 Å². The summed E-state index contributed by atoms with van der Waals surface area (Å²) in [6, 6.07) is 10.2. The summed E-state index contributed by atoms with van der Waals surface area (Å²) >= 11 is 0. The molecule has 2 rings (SSSR count). The summed E-state index contributed by atoms with van der Waals surface area (Å²) in [7, 11) is 0. The zero-order chi connectivity index (χ0) is 15.5. The number of benzene rings is 1. The molecule has 1 aromatic heterocycles. The van der Waals surface area contributed by atoms with Gasteiger partial charge in [0.2, 0.25) is 0 Å². The van der Waals surface area contributed by atoms with Gasteiger partial charge in [0.25, 0.3) is 0 Å². The van der Waals surface area contributed by atoms with Gasteiger partial charge in [0.15, 0.2) is 0 Å². The third-order valence-corrected chi connectivity index (χ3v) is 3.65. The first-order valence-corrected chi connectivity index (χ1v) is 7.51. The van der Waals surface area contributed by atoms with Crippen LogP contribution >= 0.6 is 0 Å². The second kappa shape index (κ2) is 5.98. The van der Waals surface area contributed by atoms with Gasteiger partial charge in [0, 0.05) is 11.0 Å². The molecule has 0 aliphatic carbocycles. The lowest BCUT2D eigenvalue weighted by Crippen LogP contribution is -2.38. The largest absolute Gasteiger partial charge is 0.312 e. The van der Waals surface area contributed by atoms with Crippen molar-refractivity contribution in [1.29, 1.82) is 0 Å². The van der Waals surface area contributed by atoms with Crippen molar-refractivity contribution in [2.45, 2.75) is 52.0 Å². The predicted octanol–water partition coefficient (Wildman–Crippen LogP) is 3.32. The van der Waals surface area contributed by atoms with Gasteiger partial charge in [-0.25, -0.2) is 4.68 Å². The third-order valence-electron chi connectivity index (χ3n) is 3.65. The molecule has 0 bridgehead atoms. The predicted molar refractivity (Wildman–Crippen MR) is 86.8 cm³/mol. The Labute approximate surface area is 127 Å². The van der Waals surface area contributed by atoms with E-state index in [-0.39, 0.29) is 11.0 Å². The normalized spacial score (nSPS) is 12.6. The van der Waals surface area contributed by atoms with Crippen molar-refractivity contribution in [3.8, 4) is 5.69 Å². The molecule has 0 saturated carbocycles. The third kappa shape index (κ3) is 4.14. The van der Waals surface area contributed by atoms with Crippen LogP contribution in [0.1, 0.15) is 46.7 Å². The molecule has 0 radical (unpaired) electrons. The average Bonchev–Trinajstić information content (AvgIpc) is 2.88. The second-order valence-electron chi connectivity index (χ2n) is 7.18. The fourth-order valence-electron chi connectivity index (χ4n) is 2.33. The number of para-hydroxylation sites is 1. The van der Waals surface area contributed by atoms with Crippen LogP contribution in [0.2, 0.25) is 0 Å². The summed E-state index contributed by atoms with van der Waals surface area (Å²) in [5.74, 6) is 0. The molecule has 0 unspecified atom stereocenters. The summed E-state index contributed by atoms with van der Waals surface area (Å²) in [6.07, 6.45) is 2.91. The van der Waals surface area contributed by atoms with E-state index < -0.39 is 0 Å². The maximum absolute atomic E-state index is 4.26. The topological polar surface area (TPSA) is 42.7 Å². The number of nitrogens with one attached hydrogen (secondary N) is 1. The van der Waals surface area contributed by atoms with E-state index in [1.54, 1.807) is 0 Å². The molecule has 114 valence electrons. The monoisotopic (exact) mass is 286 g/mol. The number of nitrogens with zero attached hydrogens (tertiary/aromatic N) is 3. The Bertz CT molecular complexity index is 564. The molecule has 0 atom stereocenters. The van der Waals surface area contributed by atoms with E-state index in [0.717, 1.165) is 24.3 Å². The zero-order valence-corrected chi connectivity index (χ0v) is 13.7. The highest BCUT2D eigenvalue weighted by molar-refractivity contribution is 5.33. The van der Waals surface area contributed by atoms with Crippen LogP contribution in [0.4, 0.5) is 0 Å². The van der Waals surface area contributed by atoms with Crippen molar-refractivity contribution < 1.29 is 0 Å². The van der Waals surface area contributed by atoms with E-state index in [1.807, 2.05) is 29.1 Å². The Morgan fingerprint density at radius 3 is 2.33 bits per heavy atom. The summed E-state index contributed by atoms with van der Waals surface area (Å²) in [5, 5.41) is 11.9. The Kier molecular flexibility index (Phi) is 4.47. The fraction of sp³-hybridized carbons (Fsp3) is 0.529. The summed E-state index contributed by atoms with van der Waals surface area (Å²) in [5.41, 5.74) is 2.36. The Morgan fingerprint density at radius 1 is 1.05 bits per heavy atom. The Balaban J connectivity index is 2.16. The van der Waals surface area contributed by atoms with Gasteiger partial charge in [0.1, 0.15) is 0 Å². The molecule has 4 nitrogen and oxygen atoms in total. The molecule has 0 spiro atoms. The fourth-order valence-corrected chi connectivity index (χ4v) is 2.33. The van der Waals surface area contributed by atoms with Crippen molar-refractivity contribution in [3.05, 3.63) is 42.2 Å². The number of hydrogen-bond acceptors (Lipinski definition) is 3. The van der Waals surface area contributed by atoms with Crippen LogP contribution in [0.15, 0.2) is 36.5 Å². The van der Waals surface area contributed by atoms with Crippen LogP contribution in [-0.2, 0) is 5.41 Å². The molecule has 1 aromatic carbocycles. The van der Waals surface area contributed by atoms with Crippen LogP contribution in [-0.4, -0.2) is 27.1 Å². The van der Waals surface area contributed by atoms with E-state index in [4.69, 9.17) is 0 Å². The van der Waals surface area contributed by atoms with Crippen LogP contribution < -0.4 is 5.32 Å². The van der Waals surface area contributed by atoms with Gasteiger partial charge in [-0.2, -0.15) is 0 Å². The summed E-state index contributed by atoms with van der Waals surface area (Å²) in [4.78, 5) is 0. The Hall–Kier alpha value is -1.68. The molecule has 0 saturated heterocycles. The molecule has 21 heavy (non-hydrogen) atoms. The van der Waals surface area contributed by atoms with Crippen molar-refractivity contribution >= 4 is 0 Å². The summed E-state index contributed by atoms with van der Waals surface area (Å²) in [6.45, 7) is 12.0. The number of hydrogen-bond donors (Lipinski definition) is 1. The average molecular weight is 286 g/mol. The first-order chi connectivity index (χ1) is 9.80. The van der Waals surface area contributed by atoms with Crippen LogP contribution in [0.5, 0.6) is 0 Å². The minimum Gasteiger partial charge on any atom is -0.312 e. The molecular formula is C17H26N4. The minimum absolute atomic E-state index is 0.0115. The van der Waals surface area contributed by atoms with Crippen molar-refractivity contribution in [1.82, 2.24) is 20.3 Å². The first-order valence-electron chi connectivity index (χ1n) is 7.51.